The van der Waals surface area contributed by atoms with Crippen LogP contribution < -0.4 is 5.32 Å². The van der Waals surface area contributed by atoms with Crippen molar-refractivity contribution < 1.29 is 0 Å². The number of nitriles is 1. The summed E-state index contributed by atoms with van der Waals surface area (Å²) in [6.07, 6.45) is 2.85. The zero-order chi connectivity index (χ0) is 14.1. The van der Waals surface area contributed by atoms with Crippen molar-refractivity contribution in [1.29, 1.82) is 5.26 Å². The van der Waals surface area contributed by atoms with E-state index < -0.39 is 0 Å². The summed E-state index contributed by atoms with van der Waals surface area (Å²) in [6.45, 7) is 13.7. The van der Waals surface area contributed by atoms with E-state index in [1.165, 1.54) is 39.1 Å². The highest BCUT2D eigenvalue weighted by Crippen LogP contribution is 2.06. The van der Waals surface area contributed by atoms with Crippen LogP contribution in [-0.4, -0.2) is 61.2 Å². The van der Waals surface area contributed by atoms with E-state index in [2.05, 4.69) is 42.0 Å². The summed E-state index contributed by atoms with van der Waals surface area (Å²) in [5.74, 6) is 0. The molecule has 1 heterocycles. The lowest BCUT2D eigenvalue weighted by atomic mass is 10.1. The summed E-state index contributed by atoms with van der Waals surface area (Å²) in [5.41, 5.74) is 0. The van der Waals surface area contributed by atoms with Crippen LogP contribution in [0.25, 0.3) is 0 Å². The fraction of sp³-hybridized carbons (Fsp3) is 0.933. The molecule has 1 aliphatic rings. The minimum absolute atomic E-state index is 0.378. The van der Waals surface area contributed by atoms with Gasteiger partial charge in [0.25, 0.3) is 0 Å². The average Bonchev–Trinajstić information content (AvgIpc) is 2.42. The fourth-order valence-corrected chi connectivity index (χ4v) is 2.58. The van der Waals surface area contributed by atoms with Gasteiger partial charge in [0, 0.05) is 38.3 Å². The van der Waals surface area contributed by atoms with Gasteiger partial charge in [0.15, 0.2) is 0 Å². The Kier molecular flexibility index (Phi) is 8.04. The van der Waals surface area contributed by atoms with Crippen molar-refractivity contribution in [3.8, 4) is 6.07 Å². The maximum absolute atomic E-state index is 8.69. The fourth-order valence-electron chi connectivity index (χ4n) is 2.58. The maximum Gasteiger partial charge on any atom is 0.0638 e. The van der Waals surface area contributed by atoms with E-state index in [-0.39, 0.29) is 0 Å². The standard InChI is InChI=1S/C15H30N4/c1-4-15(6-7-16)17-8-5-9-18-10-12-19(13-11-18)14(2)3/h14-15,17H,4-6,8-13H2,1-3H3. The van der Waals surface area contributed by atoms with Crippen molar-refractivity contribution in [3.05, 3.63) is 0 Å². The summed E-state index contributed by atoms with van der Waals surface area (Å²) >= 11 is 0. The van der Waals surface area contributed by atoms with Crippen LogP contribution in [0.4, 0.5) is 0 Å². The van der Waals surface area contributed by atoms with Crippen LogP contribution in [0.3, 0.4) is 0 Å². The quantitative estimate of drug-likeness (QED) is 0.679. The smallest absolute Gasteiger partial charge is 0.0638 e. The van der Waals surface area contributed by atoms with Crippen molar-refractivity contribution in [2.24, 2.45) is 0 Å². The first-order chi connectivity index (χ1) is 9.17. The van der Waals surface area contributed by atoms with Crippen LogP contribution in [0.1, 0.15) is 40.0 Å². The molecule has 19 heavy (non-hydrogen) atoms. The first kappa shape index (κ1) is 16.4. The van der Waals surface area contributed by atoms with Gasteiger partial charge in [0.2, 0.25) is 0 Å². The van der Waals surface area contributed by atoms with E-state index in [9.17, 15) is 0 Å². The molecule has 110 valence electrons. The van der Waals surface area contributed by atoms with Crippen LogP contribution in [0.5, 0.6) is 0 Å². The van der Waals surface area contributed by atoms with Gasteiger partial charge in [-0.2, -0.15) is 5.26 Å². The lowest BCUT2D eigenvalue weighted by Gasteiger charge is -2.37. The molecule has 0 aromatic carbocycles. The minimum Gasteiger partial charge on any atom is -0.313 e. The second-order valence-electron chi connectivity index (χ2n) is 5.75. The molecule has 1 fully saturated rings. The van der Waals surface area contributed by atoms with Crippen molar-refractivity contribution in [2.75, 3.05) is 39.3 Å². The van der Waals surface area contributed by atoms with Crippen LogP contribution in [0.15, 0.2) is 0 Å². The minimum atomic E-state index is 0.378. The molecule has 1 aliphatic heterocycles. The average molecular weight is 266 g/mol. The van der Waals surface area contributed by atoms with Gasteiger partial charge in [-0.1, -0.05) is 6.92 Å². The molecule has 0 amide bonds. The van der Waals surface area contributed by atoms with Gasteiger partial charge in [0.05, 0.1) is 12.5 Å². The van der Waals surface area contributed by atoms with Gasteiger partial charge in [-0.05, 0) is 39.8 Å². The number of rotatable bonds is 8. The molecular formula is C15H30N4. The van der Waals surface area contributed by atoms with Gasteiger partial charge in [-0.3, -0.25) is 4.90 Å². The molecule has 1 atom stereocenters. The lowest BCUT2D eigenvalue weighted by molar-refractivity contribution is 0.107. The number of hydrogen-bond acceptors (Lipinski definition) is 4. The number of piperazine rings is 1. The van der Waals surface area contributed by atoms with E-state index >= 15 is 0 Å². The number of nitrogens with zero attached hydrogens (tertiary/aromatic N) is 3. The van der Waals surface area contributed by atoms with Crippen molar-refractivity contribution in [1.82, 2.24) is 15.1 Å². The summed E-state index contributed by atoms with van der Waals surface area (Å²) < 4.78 is 0. The second-order valence-corrected chi connectivity index (χ2v) is 5.75. The molecule has 0 aromatic heterocycles. The Balaban J connectivity index is 2.06. The summed E-state index contributed by atoms with van der Waals surface area (Å²) in [6, 6.07) is 3.30. The van der Waals surface area contributed by atoms with Gasteiger partial charge < -0.3 is 10.2 Å². The van der Waals surface area contributed by atoms with Gasteiger partial charge in [-0.15, -0.1) is 0 Å². The zero-order valence-electron chi connectivity index (χ0n) is 12.9. The van der Waals surface area contributed by atoms with Crippen LogP contribution in [0, 0.1) is 11.3 Å². The molecular weight excluding hydrogens is 236 g/mol. The van der Waals surface area contributed by atoms with E-state index in [1.807, 2.05) is 0 Å². The SMILES string of the molecule is CCC(CC#N)NCCCN1CCN(C(C)C)CC1. The second kappa shape index (κ2) is 9.30. The largest absolute Gasteiger partial charge is 0.313 e. The summed E-state index contributed by atoms with van der Waals surface area (Å²) in [5, 5.41) is 12.2. The molecule has 1 unspecified atom stereocenters. The van der Waals surface area contributed by atoms with Crippen LogP contribution in [-0.2, 0) is 0 Å². The summed E-state index contributed by atoms with van der Waals surface area (Å²) in [7, 11) is 0. The Hall–Kier alpha value is -0.630. The summed E-state index contributed by atoms with van der Waals surface area (Å²) in [4.78, 5) is 5.11. The highest BCUT2D eigenvalue weighted by molar-refractivity contribution is 4.80. The predicted octanol–water partition coefficient (Wildman–Crippen LogP) is 1.68. The molecule has 0 saturated carbocycles. The normalized spacial score (nSPS) is 19.5. The van der Waals surface area contributed by atoms with Gasteiger partial charge in [-0.25, -0.2) is 0 Å². The van der Waals surface area contributed by atoms with Crippen LogP contribution in [0.2, 0.25) is 0 Å². The highest BCUT2D eigenvalue weighted by atomic mass is 15.3. The third-order valence-electron chi connectivity index (χ3n) is 4.05. The molecule has 4 nitrogen and oxygen atoms in total. The lowest BCUT2D eigenvalue weighted by Crippen LogP contribution is -2.49. The number of hydrogen-bond donors (Lipinski definition) is 1. The Morgan fingerprint density at radius 1 is 1.21 bits per heavy atom. The Morgan fingerprint density at radius 3 is 2.42 bits per heavy atom. The Bertz CT molecular complexity index is 264. The monoisotopic (exact) mass is 266 g/mol. The maximum atomic E-state index is 8.69. The molecule has 0 spiro atoms. The predicted molar refractivity (Wildman–Crippen MR) is 80.1 cm³/mol. The number of nitrogens with one attached hydrogen (secondary N) is 1. The Labute approximate surface area is 118 Å². The molecule has 0 aromatic rings. The molecule has 1 N–H and O–H groups in total. The van der Waals surface area contributed by atoms with E-state index in [0.717, 1.165) is 13.0 Å². The highest BCUT2D eigenvalue weighted by Gasteiger charge is 2.18. The molecule has 0 bridgehead atoms. The first-order valence-electron chi connectivity index (χ1n) is 7.74. The van der Waals surface area contributed by atoms with E-state index in [4.69, 9.17) is 5.26 Å². The van der Waals surface area contributed by atoms with Crippen molar-refractivity contribution in [2.45, 2.75) is 52.1 Å². The molecule has 0 radical (unpaired) electrons. The van der Waals surface area contributed by atoms with Gasteiger partial charge >= 0.3 is 0 Å². The third kappa shape index (κ3) is 6.38. The van der Waals surface area contributed by atoms with Crippen molar-refractivity contribution in [3.63, 3.8) is 0 Å². The first-order valence-corrected chi connectivity index (χ1v) is 7.74. The van der Waals surface area contributed by atoms with E-state index in [0.29, 0.717) is 18.5 Å². The molecule has 1 rings (SSSR count). The third-order valence-corrected chi connectivity index (χ3v) is 4.05. The van der Waals surface area contributed by atoms with Crippen molar-refractivity contribution >= 4 is 0 Å². The molecule has 1 saturated heterocycles. The van der Waals surface area contributed by atoms with Crippen LogP contribution >= 0.6 is 0 Å². The molecule has 0 aliphatic carbocycles. The Morgan fingerprint density at radius 2 is 1.89 bits per heavy atom. The van der Waals surface area contributed by atoms with E-state index in [1.54, 1.807) is 0 Å². The molecule has 4 heteroatoms. The van der Waals surface area contributed by atoms with Gasteiger partial charge in [0.1, 0.15) is 0 Å². The topological polar surface area (TPSA) is 42.3 Å². The zero-order valence-corrected chi connectivity index (χ0v) is 12.9.